The van der Waals surface area contributed by atoms with Gasteiger partial charge in [-0.25, -0.2) is 0 Å². The molecule has 3 aliphatic rings. The molecule has 0 aromatic heterocycles. The van der Waals surface area contributed by atoms with Crippen molar-refractivity contribution in [3.63, 3.8) is 0 Å². The summed E-state index contributed by atoms with van der Waals surface area (Å²) in [5.74, 6) is -1.74. The fourth-order valence-corrected chi connectivity index (χ4v) is 5.17. The molecule has 3 fully saturated rings. The van der Waals surface area contributed by atoms with E-state index in [0.717, 1.165) is 18.4 Å². The summed E-state index contributed by atoms with van der Waals surface area (Å²) in [5, 5.41) is 2.88. The summed E-state index contributed by atoms with van der Waals surface area (Å²) in [6.07, 6.45) is -2.61. The molecule has 0 unspecified atom stereocenters. The van der Waals surface area contributed by atoms with Gasteiger partial charge in [0.05, 0.1) is 23.2 Å². The molecule has 2 atom stereocenters. The van der Waals surface area contributed by atoms with Crippen LogP contribution in [0, 0.1) is 11.8 Å². The van der Waals surface area contributed by atoms with E-state index in [1.54, 1.807) is 23.1 Å². The number of hydrogen-bond donors (Lipinski definition) is 1. The summed E-state index contributed by atoms with van der Waals surface area (Å²) < 4.78 is 40.4. The zero-order valence-electron chi connectivity index (χ0n) is 20.3. The molecule has 36 heavy (non-hydrogen) atoms. The minimum atomic E-state index is -4.29. The average Bonchev–Trinajstić information content (AvgIpc) is 3.59. The second-order valence-electron chi connectivity index (χ2n) is 10.2. The van der Waals surface area contributed by atoms with Crippen LogP contribution in [-0.2, 0) is 4.79 Å². The highest BCUT2D eigenvalue weighted by atomic mass is 19.4. The van der Waals surface area contributed by atoms with Crippen molar-refractivity contribution < 1.29 is 22.8 Å². The fourth-order valence-electron chi connectivity index (χ4n) is 5.17. The molecule has 0 bridgehead atoms. The van der Waals surface area contributed by atoms with Gasteiger partial charge in [-0.05, 0) is 50.1 Å². The van der Waals surface area contributed by atoms with Gasteiger partial charge in [-0.1, -0.05) is 30.3 Å². The van der Waals surface area contributed by atoms with E-state index >= 15 is 0 Å². The first-order valence-corrected chi connectivity index (χ1v) is 12.5. The van der Waals surface area contributed by atoms with E-state index in [4.69, 9.17) is 0 Å². The van der Waals surface area contributed by atoms with Crippen LogP contribution in [0.5, 0.6) is 0 Å². The van der Waals surface area contributed by atoms with E-state index in [9.17, 15) is 22.8 Å². The molecule has 9 heteroatoms. The molecule has 5 rings (SSSR count). The maximum Gasteiger partial charge on any atom is 0.393 e. The van der Waals surface area contributed by atoms with Crippen molar-refractivity contribution in [3.8, 4) is 0 Å². The van der Waals surface area contributed by atoms with Gasteiger partial charge in [0.2, 0.25) is 5.91 Å². The van der Waals surface area contributed by atoms with Crippen LogP contribution >= 0.6 is 0 Å². The Hall–Kier alpha value is -3.07. The molecule has 6 nitrogen and oxygen atoms in total. The predicted octanol–water partition coefficient (Wildman–Crippen LogP) is 4.55. The molecule has 0 radical (unpaired) electrons. The van der Waals surface area contributed by atoms with Gasteiger partial charge in [-0.2, -0.15) is 13.2 Å². The normalized spacial score (nSPS) is 23.1. The monoisotopic (exact) mass is 500 g/mol. The van der Waals surface area contributed by atoms with Gasteiger partial charge in [0.25, 0.3) is 5.91 Å². The Balaban J connectivity index is 1.47. The number of piperazine rings is 1. The van der Waals surface area contributed by atoms with Crippen LogP contribution in [0.1, 0.15) is 41.2 Å². The molecule has 192 valence electrons. The maximum absolute atomic E-state index is 14.0. The van der Waals surface area contributed by atoms with E-state index in [2.05, 4.69) is 10.2 Å². The highest BCUT2D eigenvalue weighted by Gasteiger charge is 2.44. The second kappa shape index (κ2) is 9.76. The molecule has 1 N–H and O–H groups in total. The molecule has 0 spiro atoms. The number of carbonyl (C=O) groups excluding carboxylic acids is 2. The Morgan fingerprint density at radius 1 is 0.944 bits per heavy atom. The zero-order chi connectivity index (χ0) is 25.4. The molecular formula is C27H31F3N4O2. The number of amides is 2. The number of alkyl halides is 3. The number of carbonyl (C=O) groups is 2. The van der Waals surface area contributed by atoms with Crippen LogP contribution < -0.4 is 10.2 Å². The van der Waals surface area contributed by atoms with E-state index in [1.165, 1.54) is 0 Å². The smallest absolute Gasteiger partial charge is 0.370 e. The minimum absolute atomic E-state index is 0.00637. The lowest BCUT2D eigenvalue weighted by Gasteiger charge is -2.41. The van der Waals surface area contributed by atoms with Gasteiger partial charge in [0.15, 0.2) is 0 Å². The van der Waals surface area contributed by atoms with E-state index in [1.807, 2.05) is 42.3 Å². The third kappa shape index (κ3) is 5.21. The van der Waals surface area contributed by atoms with E-state index in [0.29, 0.717) is 36.6 Å². The number of hydrogen-bond acceptors (Lipinski definition) is 4. The maximum atomic E-state index is 14.0. The van der Waals surface area contributed by atoms with Crippen LogP contribution in [0.2, 0.25) is 0 Å². The lowest BCUT2D eigenvalue weighted by Crippen LogP contribution is -2.49. The van der Waals surface area contributed by atoms with E-state index < -0.39 is 12.1 Å². The number of anilines is 2. The van der Waals surface area contributed by atoms with Crippen molar-refractivity contribution in [1.82, 2.24) is 9.80 Å². The third-order valence-corrected chi connectivity index (χ3v) is 7.46. The van der Waals surface area contributed by atoms with Gasteiger partial charge >= 0.3 is 6.18 Å². The van der Waals surface area contributed by atoms with E-state index in [-0.39, 0.29) is 43.3 Å². The average molecular weight is 501 g/mol. The molecule has 2 heterocycles. The highest BCUT2D eigenvalue weighted by Crippen LogP contribution is 2.39. The Morgan fingerprint density at radius 3 is 2.36 bits per heavy atom. The van der Waals surface area contributed by atoms with Crippen LogP contribution in [0.15, 0.2) is 48.5 Å². The largest absolute Gasteiger partial charge is 0.393 e. The summed E-state index contributed by atoms with van der Waals surface area (Å²) in [6, 6.07) is 14.6. The first-order chi connectivity index (χ1) is 17.2. The second-order valence-corrected chi connectivity index (χ2v) is 10.2. The number of rotatable bonds is 5. The van der Waals surface area contributed by atoms with Gasteiger partial charge < -0.3 is 20.0 Å². The van der Waals surface area contributed by atoms with Crippen molar-refractivity contribution in [2.75, 3.05) is 50.0 Å². The van der Waals surface area contributed by atoms with Crippen LogP contribution in [-0.4, -0.2) is 67.6 Å². The Morgan fingerprint density at radius 2 is 1.69 bits per heavy atom. The third-order valence-electron chi connectivity index (χ3n) is 7.46. The topological polar surface area (TPSA) is 55.9 Å². The molecular weight excluding hydrogens is 469 g/mol. The Bertz CT molecular complexity index is 1120. The SMILES string of the molecule is CN1CCN(C(=O)c2ccc(NC(=O)C3CC3)cc2N2CC[C@@H](C(F)(F)F)C2)[C@@H](c2ccccc2)C1. The molecule has 1 saturated carbocycles. The number of likely N-dealkylation sites (N-methyl/N-ethyl adjacent to an activating group) is 1. The van der Waals surface area contributed by atoms with Gasteiger partial charge in [0.1, 0.15) is 0 Å². The van der Waals surface area contributed by atoms with Gasteiger partial charge in [0, 0.05) is 44.3 Å². The summed E-state index contributed by atoms with van der Waals surface area (Å²) in [6.45, 7) is 1.89. The quantitative estimate of drug-likeness (QED) is 0.655. The van der Waals surface area contributed by atoms with Crippen LogP contribution in [0.3, 0.4) is 0 Å². The van der Waals surface area contributed by atoms with Crippen molar-refractivity contribution in [2.24, 2.45) is 11.8 Å². The molecule has 1 aliphatic carbocycles. The molecule has 2 aliphatic heterocycles. The molecule has 2 amide bonds. The highest BCUT2D eigenvalue weighted by molar-refractivity contribution is 6.02. The van der Waals surface area contributed by atoms with Crippen LogP contribution in [0.25, 0.3) is 0 Å². The fraction of sp³-hybridized carbons (Fsp3) is 0.481. The van der Waals surface area contributed by atoms with Crippen molar-refractivity contribution >= 4 is 23.2 Å². The molecule has 2 saturated heterocycles. The first kappa shape index (κ1) is 24.6. The van der Waals surface area contributed by atoms with Crippen molar-refractivity contribution in [3.05, 3.63) is 59.7 Å². The summed E-state index contributed by atoms with van der Waals surface area (Å²) in [5.41, 5.74) is 2.34. The number of nitrogens with one attached hydrogen (secondary N) is 1. The summed E-state index contributed by atoms with van der Waals surface area (Å²) in [7, 11) is 2.02. The lowest BCUT2D eigenvalue weighted by molar-refractivity contribution is -0.168. The number of halogens is 3. The van der Waals surface area contributed by atoms with Crippen LogP contribution in [0.4, 0.5) is 24.5 Å². The van der Waals surface area contributed by atoms with Crippen molar-refractivity contribution in [2.45, 2.75) is 31.5 Å². The summed E-state index contributed by atoms with van der Waals surface area (Å²) in [4.78, 5) is 31.9. The number of benzene rings is 2. The standard InChI is InChI=1S/C27H31F3N4O2/c1-32-13-14-34(24(17-32)18-5-3-2-4-6-18)26(36)22-10-9-21(31-25(35)19-7-8-19)15-23(22)33-12-11-20(16-33)27(28,29)30/h2-6,9-10,15,19-20,24H,7-8,11-14,16-17H2,1H3,(H,31,35)/t20-,24-/m1/s1. The number of nitrogens with zero attached hydrogens (tertiary/aromatic N) is 3. The lowest BCUT2D eigenvalue weighted by atomic mass is 10.0. The Kier molecular flexibility index (Phi) is 6.68. The Labute approximate surface area is 209 Å². The summed E-state index contributed by atoms with van der Waals surface area (Å²) >= 11 is 0. The van der Waals surface area contributed by atoms with Gasteiger partial charge in [-0.3, -0.25) is 9.59 Å². The molecule has 2 aromatic rings. The predicted molar refractivity (Wildman–Crippen MR) is 132 cm³/mol. The van der Waals surface area contributed by atoms with Crippen molar-refractivity contribution in [1.29, 1.82) is 0 Å². The zero-order valence-corrected chi connectivity index (χ0v) is 20.3. The minimum Gasteiger partial charge on any atom is -0.370 e. The van der Waals surface area contributed by atoms with Gasteiger partial charge in [-0.15, -0.1) is 0 Å². The molecule has 2 aromatic carbocycles. The first-order valence-electron chi connectivity index (χ1n) is 12.5.